The Labute approximate surface area is 126 Å². The third-order valence-corrected chi connectivity index (χ3v) is 4.10. The number of rotatable bonds is 2. The highest BCUT2D eigenvalue weighted by Crippen LogP contribution is 2.28. The van der Waals surface area contributed by atoms with Gasteiger partial charge in [0.2, 0.25) is 11.8 Å². The largest absolute Gasteiger partial charge is 0.340 e. The van der Waals surface area contributed by atoms with Gasteiger partial charge in [0.1, 0.15) is 11.6 Å². The van der Waals surface area contributed by atoms with Crippen molar-refractivity contribution in [2.75, 3.05) is 37.6 Å². The molecule has 0 spiro atoms. The third-order valence-electron chi connectivity index (χ3n) is 4.10. The van der Waals surface area contributed by atoms with Crippen molar-refractivity contribution >= 4 is 17.5 Å². The van der Waals surface area contributed by atoms with Crippen LogP contribution in [0.3, 0.4) is 0 Å². The second-order valence-corrected chi connectivity index (χ2v) is 5.58. The second-order valence-electron chi connectivity index (χ2n) is 5.58. The van der Waals surface area contributed by atoms with Crippen molar-refractivity contribution < 1.29 is 18.4 Å². The van der Waals surface area contributed by atoms with E-state index in [9.17, 15) is 18.4 Å². The lowest BCUT2D eigenvalue weighted by molar-refractivity contribution is -0.136. The maximum absolute atomic E-state index is 13.8. The fraction of sp³-hybridized carbons (Fsp3) is 0.467. The van der Waals surface area contributed by atoms with E-state index in [-0.39, 0.29) is 30.5 Å². The molecule has 0 bridgehead atoms. The minimum atomic E-state index is -0.788. The van der Waals surface area contributed by atoms with Crippen molar-refractivity contribution in [3.8, 4) is 0 Å². The summed E-state index contributed by atoms with van der Waals surface area (Å²) in [6, 6.07) is 3.09. The number of hydrogen-bond acceptors (Lipinski definition) is 3. The zero-order valence-corrected chi connectivity index (χ0v) is 12.0. The number of benzene rings is 1. The van der Waals surface area contributed by atoms with Gasteiger partial charge in [-0.05, 0) is 12.1 Å². The minimum absolute atomic E-state index is 0.0296. The van der Waals surface area contributed by atoms with Gasteiger partial charge in [-0.3, -0.25) is 9.59 Å². The monoisotopic (exact) mass is 309 g/mol. The molecule has 2 heterocycles. The van der Waals surface area contributed by atoms with Crippen LogP contribution >= 0.6 is 0 Å². The Morgan fingerprint density at radius 1 is 1.23 bits per heavy atom. The van der Waals surface area contributed by atoms with Gasteiger partial charge < -0.3 is 15.1 Å². The van der Waals surface area contributed by atoms with E-state index in [0.717, 1.165) is 25.2 Å². The molecular formula is C15H17F2N3O2. The van der Waals surface area contributed by atoms with Crippen molar-refractivity contribution in [2.45, 2.75) is 6.42 Å². The molecule has 1 atom stereocenters. The van der Waals surface area contributed by atoms with Crippen LogP contribution in [0.4, 0.5) is 14.5 Å². The molecule has 2 aliphatic rings. The SMILES string of the molecule is O=C(C1CC(=O)N(c2ccc(F)cc2F)C1)N1CCNCC1. The average molecular weight is 309 g/mol. The molecule has 0 aliphatic carbocycles. The lowest BCUT2D eigenvalue weighted by Gasteiger charge is -2.29. The Balaban J connectivity index is 1.74. The Morgan fingerprint density at radius 3 is 2.64 bits per heavy atom. The number of hydrogen-bond donors (Lipinski definition) is 1. The van der Waals surface area contributed by atoms with Crippen molar-refractivity contribution in [2.24, 2.45) is 5.92 Å². The fourth-order valence-electron chi connectivity index (χ4n) is 2.95. The standard InChI is InChI=1S/C15H17F2N3O2/c16-11-1-2-13(12(17)8-11)20-9-10(7-14(20)21)15(22)19-5-3-18-4-6-19/h1-2,8,10,18H,3-7,9H2. The maximum Gasteiger partial charge on any atom is 0.228 e. The van der Waals surface area contributed by atoms with Gasteiger partial charge in [0.05, 0.1) is 11.6 Å². The van der Waals surface area contributed by atoms with E-state index >= 15 is 0 Å². The van der Waals surface area contributed by atoms with Gasteiger partial charge in [-0.1, -0.05) is 0 Å². The predicted molar refractivity (Wildman–Crippen MR) is 76.3 cm³/mol. The summed E-state index contributed by atoms with van der Waals surface area (Å²) in [7, 11) is 0. The quantitative estimate of drug-likeness (QED) is 0.877. The first-order valence-electron chi connectivity index (χ1n) is 7.31. The summed E-state index contributed by atoms with van der Waals surface area (Å²) < 4.78 is 26.8. The average Bonchev–Trinajstić information content (AvgIpc) is 2.89. The number of anilines is 1. The molecule has 5 nitrogen and oxygen atoms in total. The molecule has 118 valence electrons. The summed E-state index contributed by atoms with van der Waals surface area (Å²) in [4.78, 5) is 27.5. The number of piperazine rings is 1. The summed E-state index contributed by atoms with van der Waals surface area (Å²) >= 11 is 0. The van der Waals surface area contributed by atoms with E-state index in [1.165, 1.54) is 11.0 Å². The Bertz CT molecular complexity index is 602. The Kier molecular flexibility index (Phi) is 4.06. The first-order valence-corrected chi connectivity index (χ1v) is 7.31. The van der Waals surface area contributed by atoms with Crippen LogP contribution in [0.2, 0.25) is 0 Å². The summed E-state index contributed by atoms with van der Waals surface area (Å²) in [5.74, 6) is -2.32. The molecule has 7 heteroatoms. The lowest BCUT2D eigenvalue weighted by atomic mass is 10.1. The zero-order valence-electron chi connectivity index (χ0n) is 12.0. The molecule has 2 saturated heterocycles. The van der Waals surface area contributed by atoms with E-state index in [2.05, 4.69) is 5.32 Å². The van der Waals surface area contributed by atoms with Crippen LogP contribution in [0.25, 0.3) is 0 Å². The van der Waals surface area contributed by atoms with Gasteiger partial charge >= 0.3 is 0 Å². The highest BCUT2D eigenvalue weighted by atomic mass is 19.1. The summed E-state index contributed by atoms with van der Waals surface area (Å²) in [6.07, 6.45) is 0.0690. The molecule has 0 radical (unpaired) electrons. The Hall–Kier alpha value is -2.02. The molecular weight excluding hydrogens is 292 g/mol. The number of amides is 2. The summed E-state index contributed by atoms with van der Waals surface area (Å²) in [5, 5.41) is 3.16. The molecule has 2 aliphatic heterocycles. The highest BCUT2D eigenvalue weighted by Gasteiger charge is 2.38. The van der Waals surface area contributed by atoms with Gasteiger partial charge in [-0.25, -0.2) is 8.78 Å². The van der Waals surface area contributed by atoms with Crippen molar-refractivity contribution in [3.05, 3.63) is 29.8 Å². The van der Waals surface area contributed by atoms with Crippen molar-refractivity contribution in [3.63, 3.8) is 0 Å². The van der Waals surface area contributed by atoms with Crippen LogP contribution in [-0.2, 0) is 9.59 Å². The number of nitrogens with zero attached hydrogens (tertiary/aromatic N) is 2. The fourth-order valence-corrected chi connectivity index (χ4v) is 2.95. The van der Waals surface area contributed by atoms with Crippen LogP contribution in [0.1, 0.15) is 6.42 Å². The third kappa shape index (κ3) is 2.81. The normalized spacial score (nSPS) is 22.3. The molecule has 1 aromatic rings. The number of carbonyl (C=O) groups is 2. The number of nitrogens with one attached hydrogen (secondary N) is 1. The molecule has 1 N–H and O–H groups in total. The van der Waals surface area contributed by atoms with E-state index in [1.54, 1.807) is 4.90 Å². The van der Waals surface area contributed by atoms with Gasteiger partial charge in [-0.15, -0.1) is 0 Å². The van der Waals surface area contributed by atoms with Crippen LogP contribution in [0.15, 0.2) is 18.2 Å². The van der Waals surface area contributed by atoms with Crippen LogP contribution < -0.4 is 10.2 Å². The predicted octanol–water partition coefficient (Wildman–Crippen LogP) is 0.750. The first kappa shape index (κ1) is 14.9. The molecule has 3 rings (SSSR count). The second kappa shape index (κ2) is 6.00. The van der Waals surface area contributed by atoms with Gasteiger partial charge in [0.15, 0.2) is 0 Å². The maximum atomic E-state index is 13.8. The number of halogens is 2. The van der Waals surface area contributed by atoms with E-state index < -0.39 is 17.6 Å². The summed E-state index contributed by atoms with van der Waals surface area (Å²) in [5.41, 5.74) is 0.0296. The lowest BCUT2D eigenvalue weighted by Crippen LogP contribution is -2.48. The van der Waals surface area contributed by atoms with E-state index in [0.29, 0.717) is 13.1 Å². The van der Waals surface area contributed by atoms with Gasteiger partial charge in [0.25, 0.3) is 0 Å². The minimum Gasteiger partial charge on any atom is -0.340 e. The molecule has 2 amide bonds. The smallest absolute Gasteiger partial charge is 0.228 e. The molecule has 0 saturated carbocycles. The molecule has 1 unspecified atom stereocenters. The summed E-state index contributed by atoms with van der Waals surface area (Å²) in [6.45, 7) is 2.86. The topological polar surface area (TPSA) is 52.7 Å². The zero-order chi connectivity index (χ0) is 15.7. The van der Waals surface area contributed by atoms with Gasteiger partial charge in [0, 0.05) is 45.2 Å². The molecule has 1 aromatic carbocycles. The Morgan fingerprint density at radius 2 is 1.95 bits per heavy atom. The molecule has 2 fully saturated rings. The highest BCUT2D eigenvalue weighted by molar-refractivity contribution is 6.00. The molecule has 0 aromatic heterocycles. The van der Waals surface area contributed by atoms with Crippen LogP contribution in [0.5, 0.6) is 0 Å². The van der Waals surface area contributed by atoms with E-state index in [1.807, 2.05) is 0 Å². The van der Waals surface area contributed by atoms with Crippen LogP contribution in [0, 0.1) is 17.6 Å². The first-order chi connectivity index (χ1) is 10.6. The number of carbonyl (C=O) groups excluding carboxylic acids is 2. The van der Waals surface area contributed by atoms with E-state index in [4.69, 9.17) is 0 Å². The van der Waals surface area contributed by atoms with Crippen LogP contribution in [-0.4, -0.2) is 49.4 Å². The van der Waals surface area contributed by atoms with Gasteiger partial charge in [-0.2, -0.15) is 0 Å². The van der Waals surface area contributed by atoms with Crippen molar-refractivity contribution in [1.82, 2.24) is 10.2 Å². The molecule has 22 heavy (non-hydrogen) atoms. The van der Waals surface area contributed by atoms with Crippen molar-refractivity contribution in [1.29, 1.82) is 0 Å².